The van der Waals surface area contributed by atoms with Crippen LogP contribution in [0.4, 0.5) is 0 Å². The molecule has 0 aromatic carbocycles. The van der Waals surface area contributed by atoms with Crippen LogP contribution in [0.3, 0.4) is 0 Å². The molecule has 0 radical (unpaired) electrons. The maximum atomic E-state index is 2.50. The van der Waals surface area contributed by atoms with Crippen LogP contribution < -0.4 is 0 Å². The topological polar surface area (TPSA) is 0 Å². The summed E-state index contributed by atoms with van der Waals surface area (Å²) in [6.07, 6.45) is 3.79. The van der Waals surface area contributed by atoms with Gasteiger partial charge in [0.2, 0.25) is 0 Å². The van der Waals surface area contributed by atoms with Gasteiger partial charge in [0.25, 0.3) is 0 Å². The van der Waals surface area contributed by atoms with Crippen LogP contribution in [-0.4, -0.2) is 19.5 Å². The molecule has 0 saturated heterocycles. The van der Waals surface area contributed by atoms with Crippen molar-refractivity contribution in [2.45, 2.75) is 27.7 Å². The molecule has 0 heterocycles. The fraction of sp³-hybridized carbons (Fsp3) is 0.692. The molecule has 0 aromatic heterocycles. The lowest BCUT2D eigenvalue weighted by atomic mass is 9.95. The Bertz CT molecular complexity index is 251. The van der Waals surface area contributed by atoms with Crippen molar-refractivity contribution in [1.29, 1.82) is 0 Å². The van der Waals surface area contributed by atoms with E-state index >= 15 is 0 Å². The minimum Gasteiger partial charge on any atom is -0.109 e. The van der Waals surface area contributed by atoms with Crippen LogP contribution in [0, 0.1) is 11.8 Å². The fourth-order valence-electron chi connectivity index (χ4n) is 2.20. The van der Waals surface area contributed by atoms with Crippen molar-refractivity contribution < 1.29 is 0 Å². The monoisotopic (exact) mass is 210 g/mol. The van der Waals surface area contributed by atoms with Crippen molar-refractivity contribution in [3.8, 4) is 0 Å². The standard InChI is InChI=1S/C13H23P/c1-9-10(2)12(4)13(11(9)3)7-8-14(5)6/h7,11-12H,8H2,1-6H3. The summed E-state index contributed by atoms with van der Waals surface area (Å²) in [5.41, 5.74) is 4.86. The van der Waals surface area contributed by atoms with E-state index in [1.165, 1.54) is 6.16 Å². The largest absolute Gasteiger partial charge is 0.109 e. The van der Waals surface area contributed by atoms with Crippen molar-refractivity contribution in [3.63, 3.8) is 0 Å². The van der Waals surface area contributed by atoms with E-state index in [1.807, 2.05) is 0 Å². The maximum Gasteiger partial charge on any atom is -0.00154 e. The summed E-state index contributed by atoms with van der Waals surface area (Å²) < 4.78 is 0. The summed E-state index contributed by atoms with van der Waals surface area (Å²) in [5, 5.41) is 0. The highest BCUT2D eigenvalue weighted by atomic mass is 31.1. The molecule has 80 valence electrons. The van der Waals surface area contributed by atoms with E-state index in [-0.39, 0.29) is 7.92 Å². The molecule has 14 heavy (non-hydrogen) atoms. The van der Waals surface area contributed by atoms with Crippen molar-refractivity contribution in [2.24, 2.45) is 11.8 Å². The molecule has 0 bridgehead atoms. The van der Waals surface area contributed by atoms with Crippen molar-refractivity contribution in [1.82, 2.24) is 0 Å². The summed E-state index contributed by atoms with van der Waals surface area (Å²) >= 11 is 0. The van der Waals surface area contributed by atoms with Crippen LogP contribution in [0.2, 0.25) is 0 Å². The summed E-state index contributed by atoms with van der Waals surface area (Å²) in [4.78, 5) is 0. The van der Waals surface area contributed by atoms with E-state index in [0.29, 0.717) is 11.8 Å². The van der Waals surface area contributed by atoms with Gasteiger partial charge in [0.15, 0.2) is 0 Å². The van der Waals surface area contributed by atoms with Crippen LogP contribution >= 0.6 is 7.92 Å². The zero-order chi connectivity index (χ0) is 10.9. The Hall–Kier alpha value is -0.0900. The van der Waals surface area contributed by atoms with Gasteiger partial charge >= 0.3 is 0 Å². The van der Waals surface area contributed by atoms with Gasteiger partial charge in [-0.1, -0.05) is 36.6 Å². The molecule has 1 aliphatic rings. The lowest BCUT2D eigenvalue weighted by molar-refractivity contribution is 0.740. The van der Waals surface area contributed by atoms with Crippen molar-refractivity contribution in [3.05, 3.63) is 22.8 Å². The SMILES string of the molecule is CC1=C(C)C(C)C(=CCP(C)C)C1C. The molecule has 0 saturated carbocycles. The summed E-state index contributed by atoms with van der Waals surface area (Å²) in [7, 11) is 0.222. The Morgan fingerprint density at radius 3 is 1.86 bits per heavy atom. The lowest BCUT2D eigenvalue weighted by Crippen LogP contribution is -2.00. The Morgan fingerprint density at radius 2 is 1.50 bits per heavy atom. The second kappa shape index (κ2) is 4.62. The van der Waals surface area contributed by atoms with E-state index in [4.69, 9.17) is 0 Å². The summed E-state index contributed by atoms with van der Waals surface area (Å²) in [5.74, 6) is 1.39. The normalized spacial score (nSPS) is 27.8. The zero-order valence-corrected chi connectivity index (χ0v) is 11.3. The molecule has 0 N–H and O–H groups in total. The molecule has 2 atom stereocenters. The molecule has 0 amide bonds. The van der Waals surface area contributed by atoms with Gasteiger partial charge in [0.05, 0.1) is 0 Å². The van der Waals surface area contributed by atoms with E-state index < -0.39 is 0 Å². The van der Waals surface area contributed by atoms with E-state index in [1.54, 1.807) is 16.7 Å². The van der Waals surface area contributed by atoms with Gasteiger partial charge in [0.1, 0.15) is 0 Å². The molecule has 0 aromatic rings. The predicted molar refractivity (Wildman–Crippen MR) is 68.4 cm³/mol. The highest BCUT2D eigenvalue weighted by Crippen LogP contribution is 2.41. The van der Waals surface area contributed by atoms with Gasteiger partial charge in [0, 0.05) is 0 Å². The molecule has 1 rings (SSSR count). The minimum absolute atomic E-state index is 0.222. The van der Waals surface area contributed by atoms with E-state index in [2.05, 4.69) is 47.1 Å². The van der Waals surface area contributed by atoms with Crippen molar-refractivity contribution in [2.75, 3.05) is 19.5 Å². The number of allylic oxidation sites excluding steroid dienone is 4. The highest BCUT2D eigenvalue weighted by Gasteiger charge is 2.27. The summed E-state index contributed by atoms with van der Waals surface area (Å²) in [6, 6.07) is 0. The molecular weight excluding hydrogens is 187 g/mol. The van der Waals surface area contributed by atoms with Crippen LogP contribution in [0.5, 0.6) is 0 Å². The molecule has 1 heteroatoms. The van der Waals surface area contributed by atoms with Gasteiger partial charge in [-0.05, 0) is 45.2 Å². The Morgan fingerprint density at radius 1 is 1.07 bits per heavy atom. The molecule has 0 spiro atoms. The average molecular weight is 210 g/mol. The van der Waals surface area contributed by atoms with Gasteiger partial charge in [-0.25, -0.2) is 0 Å². The molecule has 0 nitrogen and oxygen atoms in total. The van der Waals surface area contributed by atoms with Crippen LogP contribution in [-0.2, 0) is 0 Å². The Labute approximate surface area is 90.2 Å². The minimum atomic E-state index is 0.222. The third-order valence-corrected chi connectivity index (χ3v) is 4.53. The molecule has 0 aliphatic heterocycles. The number of hydrogen-bond donors (Lipinski definition) is 0. The van der Waals surface area contributed by atoms with Gasteiger partial charge in [-0.3, -0.25) is 0 Å². The third-order valence-electron chi connectivity index (χ3n) is 3.61. The molecule has 0 fully saturated rings. The number of hydrogen-bond acceptors (Lipinski definition) is 0. The smallest absolute Gasteiger partial charge is 0.00154 e. The highest BCUT2D eigenvalue weighted by molar-refractivity contribution is 7.56. The first kappa shape index (κ1) is 12.0. The zero-order valence-electron chi connectivity index (χ0n) is 10.4. The van der Waals surface area contributed by atoms with E-state index in [0.717, 1.165) is 0 Å². The first-order valence-corrected chi connectivity index (χ1v) is 7.89. The predicted octanol–water partition coefficient (Wildman–Crippen LogP) is 4.28. The first-order chi connectivity index (χ1) is 6.45. The quantitative estimate of drug-likeness (QED) is 0.471. The Kier molecular flexibility index (Phi) is 3.95. The average Bonchev–Trinajstić information content (AvgIpc) is 2.29. The van der Waals surface area contributed by atoms with E-state index in [9.17, 15) is 0 Å². The lowest BCUT2D eigenvalue weighted by Gasteiger charge is -2.13. The van der Waals surface area contributed by atoms with Crippen molar-refractivity contribution >= 4 is 7.92 Å². The second-order valence-corrected chi connectivity index (χ2v) is 7.30. The number of rotatable bonds is 2. The van der Waals surface area contributed by atoms with Crippen LogP contribution in [0.1, 0.15) is 27.7 Å². The first-order valence-electron chi connectivity index (χ1n) is 5.47. The fourth-order valence-corrected chi connectivity index (χ4v) is 2.78. The Balaban J connectivity index is 2.80. The second-order valence-electron chi connectivity index (χ2n) is 4.78. The molecule has 2 unspecified atom stereocenters. The van der Waals surface area contributed by atoms with Crippen LogP contribution in [0.25, 0.3) is 0 Å². The van der Waals surface area contributed by atoms with Gasteiger partial charge < -0.3 is 0 Å². The third kappa shape index (κ3) is 2.28. The maximum absolute atomic E-state index is 2.50. The molecule has 1 aliphatic carbocycles. The summed E-state index contributed by atoms with van der Waals surface area (Å²) in [6.45, 7) is 14.0. The molecular formula is C13H23P. The van der Waals surface area contributed by atoms with Crippen LogP contribution in [0.15, 0.2) is 22.8 Å². The van der Waals surface area contributed by atoms with Gasteiger partial charge in [-0.2, -0.15) is 0 Å². The van der Waals surface area contributed by atoms with Gasteiger partial charge in [-0.15, -0.1) is 7.92 Å².